The number of carbonyl (C=O) groups excluding carboxylic acids is 2. The SMILES string of the molecule is COc1ccc(C(=O)NC2=C(C(=O)c3ccccc3)N(Cc3ccccc3)S(=O)(=O)c3ccccc32)cc1OC. The second-order valence-electron chi connectivity index (χ2n) is 8.94. The van der Waals surface area contributed by atoms with Crippen LogP contribution in [0.15, 0.2) is 114 Å². The molecule has 0 radical (unpaired) electrons. The van der Waals surface area contributed by atoms with Crippen LogP contribution in [0.2, 0.25) is 0 Å². The minimum Gasteiger partial charge on any atom is -0.493 e. The molecule has 0 unspecified atom stereocenters. The Hall–Kier alpha value is -4.89. The van der Waals surface area contributed by atoms with Crippen molar-refractivity contribution in [3.05, 3.63) is 131 Å². The third-order valence-corrected chi connectivity index (χ3v) is 8.32. The Labute approximate surface area is 232 Å². The fraction of sp³-hybridized carbons (Fsp3) is 0.0968. The number of carbonyl (C=O) groups is 2. The Morgan fingerprint density at radius 3 is 2.05 bits per heavy atom. The number of benzene rings is 4. The van der Waals surface area contributed by atoms with Crippen molar-refractivity contribution in [2.45, 2.75) is 11.4 Å². The van der Waals surface area contributed by atoms with Crippen molar-refractivity contribution in [3.8, 4) is 11.5 Å². The summed E-state index contributed by atoms with van der Waals surface area (Å²) in [6.45, 7) is -0.110. The van der Waals surface area contributed by atoms with Gasteiger partial charge in [0, 0.05) is 16.7 Å². The average molecular weight is 555 g/mol. The Balaban J connectivity index is 1.72. The highest BCUT2D eigenvalue weighted by molar-refractivity contribution is 7.89. The van der Waals surface area contributed by atoms with E-state index in [4.69, 9.17) is 9.47 Å². The molecule has 202 valence electrons. The lowest BCUT2D eigenvalue weighted by Gasteiger charge is -2.34. The highest BCUT2D eigenvalue weighted by atomic mass is 32.2. The molecule has 0 aliphatic carbocycles. The number of ether oxygens (including phenoxy) is 2. The van der Waals surface area contributed by atoms with E-state index in [1.54, 1.807) is 84.9 Å². The molecule has 1 aliphatic rings. The molecule has 9 heteroatoms. The summed E-state index contributed by atoms with van der Waals surface area (Å²) in [7, 11) is -1.22. The van der Waals surface area contributed by atoms with E-state index >= 15 is 0 Å². The van der Waals surface area contributed by atoms with Gasteiger partial charge in [-0.3, -0.25) is 13.9 Å². The number of ketones is 1. The topological polar surface area (TPSA) is 102 Å². The van der Waals surface area contributed by atoms with Crippen LogP contribution in [0.5, 0.6) is 11.5 Å². The molecule has 0 saturated carbocycles. The number of amides is 1. The van der Waals surface area contributed by atoms with Gasteiger partial charge >= 0.3 is 0 Å². The molecule has 0 atom stereocenters. The van der Waals surface area contributed by atoms with E-state index in [-0.39, 0.29) is 39.5 Å². The molecule has 1 amide bonds. The summed E-state index contributed by atoms with van der Waals surface area (Å²) in [5.74, 6) is -0.302. The number of methoxy groups -OCH3 is 2. The second kappa shape index (κ2) is 11.1. The lowest BCUT2D eigenvalue weighted by molar-refractivity contribution is 0.0972. The van der Waals surface area contributed by atoms with Gasteiger partial charge in [-0.15, -0.1) is 0 Å². The van der Waals surface area contributed by atoms with Gasteiger partial charge in [-0.25, -0.2) is 8.42 Å². The number of nitrogens with one attached hydrogen (secondary N) is 1. The van der Waals surface area contributed by atoms with Gasteiger partial charge in [0.25, 0.3) is 15.9 Å². The van der Waals surface area contributed by atoms with Crippen LogP contribution < -0.4 is 14.8 Å². The first-order chi connectivity index (χ1) is 19.3. The second-order valence-corrected chi connectivity index (χ2v) is 10.8. The van der Waals surface area contributed by atoms with Gasteiger partial charge in [0.15, 0.2) is 11.5 Å². The number of nitrogens with zero attached hydrogens (tertiary/aromatic N) is 1. The maximum Gasteiger partial charge on any atom is 0.265 e. The maximum absolute atomic E-state index is 14.1. The smallest absolute Gasteiger partial charge is 0.265 e. The summed E-state index contributed by atoms with van der Waals surface area (Å²) in [6, 6.07) is 28.3. The van der Waals surface area contributed by atoms with E-state index in [0.29, 0.717) is 17.1 Å². The summed E-state index contributed by atoms with van der Waals surface area (Å²) in [5.41, 5.74) is 1.35. The quantitative estimate of drug-likeness (QED) is 0.311. The Morgan fingerprint density at radius 1 is 0.750 bits per heavy atom. The molecule has 1 aliphatic heterocycles. The van der Waals surface area contributed by atoms with Crippen LogP contribution in [0.4, 0.5) is 0 Å². The predicted octanol–water partition coefficient (Wildman–Crippen LogP) is 4.89. The Kier molecular flexibility index (Phi) is 7.39. The van der Waals surface area contributed by atoms with Crippen LogP contribution in [-0.2, 0) is 16.6 Å². The predicted molar refractivity (Wildman–Crippen MR) is 150 cm³/mol. The number of Topliss-reactive ketones (excluding diaryl/α,β-unsaturated/α-hetero) is 1. The van der Waals surface area contributed by atoms with Crippen LogP contribution >= 0.6 is 0 Å². The molecule has 0 bridgehead atoms. The lowest BCUT2D eigenvalue weighted by Crippen LogP contribution is -2.41. The van der Waals surface area contributed by atoms with Crippen molar-refractivity contribution in [1.82, 2.24) is 9.62 Å². The van der Waals surface area contributed by atoms with Crippen LogP contribution in [0.25, 0.3) is 5.70 Å². The van der Waals surface area contributed by atoms with Crippen molar-refractivity contribution >= 4 is 27.4 Å². The summed E-state index contributed by atoms with van der Waals surface area (Å²) in [5, 5.41) is 2.85. The molecule has 8 nitrogen and oxygen atoms in total. The molecule has 4 aromatic rings. The zero-order valence-electron chi connectivity index (χ0n) is 21.8. The molecule has 40 heavy (non-hydrogen) atoms. The summed E-state index contributed by atoms with van der Waals surface area (Å²) in [4.78, 5) is 27.6. The van der Waals surface area contributed by atoms with E-state index < -0.39 is 21.7 Å². The molecule has 0 aromatic heterocycles. The van der Waals surface area contributed by atoms with Crippen molar-refractivity contribution in [3.63, 3.8) is 0 Å². The van der Waals surface area contributed by atoms with E-state index in [1.807, 2.05) is 6.07 Å². The molecule has 1 N–H and O–H groups in total. The largest absolute Gasteiger partial charge is 0.493 e. The van der Waals surface area contributed by atoms with Gasteiger partial charge in [0.1, 0.15) is 5.70 Å². The van der Waals surface area contributed by atoms with Crippen molar-refractivity contribution < 1.29 is 27.5 Å². The summed E-state index contributed by atoms with van der Waals surface area (Å²) in [6.07, 6.45) is 0. The van der Waals surface area contributed by atoms with E-state index in [2.05, 4.69) is 5.32 Å². The van der Waals surface area contributed by atoms with Crippen molar-refractivity contribution in [2.75, 3.05) is 14.2 Å². The number of fused-ring (bicyclic) bond motifs is 1. The standard InChI is InChI=1S/C31H26N2O6S/c1-38-25-18-17-23(19-26(25)39-2)31(35)32-28-24-15-9-10-16-27(24)40(36,37)33(20-21-11-5-3-6-12-21)29(28)30(34)22-13-7-4-8-14-22/h3-19H,20H2,1-2H3,(H,32,35). The van der Waals surface area contributed by atoms with Gasteiger partial charge in [0.05, 0.1) is 31.4 Å². The van der Waals surface area contributed by atoms with Crippen molar-refractivity contribution in [1.29, 1.82) is 0 Å². The summed E-state index contributed by atoms with van der Waals surface area (Å²) >= 11 is 0. The first-order valence-corrected chi connectivity index (χ1v) is 13.8. The van der Waals surface area contributed by atoms with Gasteiger partial charge < -0.3 is 14.8 Å². The first-order valence-electron chi connectivity index (χ1n) is 12.4. The van der Waals surface area contributed by atoms with Gasteiger partial charge in [-0.1, -0.05) is 78.9 Å². The lowest BCUT2D eigenvalue weighted by atomic mass is 10.0. The third-order valence-electron chi connectivity index (χ3n) is 6.51. The first kappa shape index (κ1) is 26.7. The van der Waals surface area contributed by atoms with Gasteiger partial charge in [-0.05, 0) is 29.8 Å². The molecule has 0 fully saturated rings. The fourth-order valence-corrected chi connectivity index (χ4v) is 6.21. The summed E-state index contributed by atoms with van der Waals surface area (Å²) < 4.78 is 39.7. The minimum atomic E-state index is -4.17. The van der Waals surface area contributed by atoms with Crippen LogP contribution in [0.3, 0.4) is 0 Å². The van der Waals surface area contributed by atoms with Crippen LogP contribution in [0.1, 0.15) is 31.8 Å². The number of hydrogen-bond acceptors (Lipinski definition) is 6. The van der Waals surface area contributed by atoms with Crippen LogP contribution in [-0.4, -0.2) is 38.6 Å². The van der Waals surface area contributed by atoms with E-state index in [1.165, 1.54) is 26.4 Å². The number of rotatable bonds is 8. The third kappa shape index (κ3) is 4.94. The Bertz CT molecular complexity index is 1720. The van der Waals surface area contributed by atoms with Gasteiger partial charge in [-0.2, -0.15) is 0 Å². The van der Waals surface area contributed by atoms with E-state index in [9.17, 15) is 18.0 Å². The molecule has 1 heterocycles. The highest BCUT2D eigenvalue weighted by Gasteiger charge is 2.40. The number of sulfonamides is 1. The van der Waals surface area contributed by atoms with E-state index in [0.717, 1.165) is 4.31 Å². The Morgan fingerprint density at radius 2 is 1.38 bits per heavy atom. The zero-order chi connectivity index (χ0) is 28.3. The molecule has 4 aromatic carbocycles. The fourth-order valence-electron chi connectivity index (χ4n) is 4.55. The normalized spacial score (nSPS) is 13.8. The zero-order valence-corrected chi connectivity index (χ0v) is 22.6. The molecular weight excluding hydrogens is 528 g/mol. The number of hydrogen-bond donors (Lipinski definition) is 1. The van der Waals surface area contributed by atoms with Gasteiger partial charge in [0.2, 0.25) is 5.78 Å². The maximum atomic E-state index is 14.1. The van der Waals surface area contributed by atoms with Crippen LogP contribution in [0, 0.1) is 0 Å². The minimum absolute atomic E-state index is 0.0156. The molecular formula is C31H26N2O6S. The molecule has 0 saturated heterocycles. The monoisotopic (exact) mass is 554 g/mol. The highest BCUT2D eigenvalue weighted by Crippen LogP contribution is 2.38. The molecule has 5 rings (SSSR count). The average Bonchev–Trinajstić information content (AvgIpc) is 3.00. The molecule has 0 spiro atoms. The number of allylic oxidation sites excluding steroid dienone is 1. The van der Waals surface area contributed by atoms with Crippen molar-refractivity contribution in [2.24, 2.45) is 0 Å².